The van der Waals surface area contributed by atoms with E-state index in [0.29, 0.717) is 15.7 Å². The normalized spacial score (nSPS) is 18.1. The third-order valence-corrected chi connectivity index (χ3v) is 4.93. The Morgan fingerprint density at radius 1 is 1.20 bits per heavy atom. The van der Waals surface area contributed by atoms with Crippen molar-refractivity contribution in [2.24, 2.45) is 5.92 Å². The third kappa shape index (κ3) is 5.21. The molecular weight excluding hydrogens is 355 g/mol. The first-order chi connectivity index (χ1) is 12.0. The fraction of sp³-hybridized carbons (Fsp3) is 0.350. The maximum absolute atomic E-state index is 12.6. The Bertz CT molecular complexity index is 743. The van der Waals surface area contributed by atoms with E-state index in [2.05, 4.69) is 41.4 Å². The Kier molecular flexibility index (Phi) is 6.00. The lowest BCUT2D eigenvalue weighted by atomic mass is 9.96. The quantitative estimate of drug-likeness (QED) is 0.799. The molecular formula is C20H22Cl2N2O. The standard InChI is InChI=1S/C20H22Cl2N2O/c1-14-4-2-5-15(8-14)12-24-7-3-6-16(13-24)20(25)23-19-10-17(21)9-18(22)11-19/h2,4-5,8-11,16H,3,6-7,12-13H2,1H3,(H,23,25). The van der Waals surface area contributed by atoms with Crippen molar-refractivity contribution in [2.45, 2.75) is 26.3 Å². The van der Waals surface area contributed by atoms with Gasteiger partial charge in [0.15, 0.2) is 0 Å². The summed E-state index contributed by atoms with van der Waals surface area (Å²) in [5.41, 5.74) is 3.21. The maximum Gasteiger partial charge on any atom is 0.228 e. The topological polar surface area (TPSA) is 32.3 Å². The van der Waals surface area contributed by atoms with Crippen LogP contribution in [0.3, 0.4) is 0 Å². The number of hydrogen-bond acceptors (Lipinski definition) is 2. The Morgan fingerprint density at radius 2 is 1.96 bits per heavy atom. The fourth-order valence-corrected chi connectivity index (χ4v) is 3.88. The number of carbonyl (C=O) groups excluding carboxylic acids is 1. The molecule has 0 radical (unpaired) electrons. The van der Waals surface area contributed by atoms with Crippen LogP contribution in [0, 0.1) is 12.8 Å². The van der Waals surface area contributed by atoms with Crippen LogP contribution in [0.15, 0.2) is 42.5 Å². The number of likely N-dealkylation sites (tertiary alicyclic amines) is 1. The van der Waals surface area contributed by atoms with E-state index in [4.69, 9.17) is 23.2 Å². The van der Waals surface area contributed by atoms with Crippen LogP contribution in [0.2, 0.25) is 10.0 Å². The summed E-state index contributed by atoms with van der Waals surface area (Å²) in [4.78, 5) is 15.0. The number of halogens is 2. The van der Waals surface area contributed by atoms with E-state index in [9.17, 15) is 4.79 Å². The molecule has 132 valence electrons. The zero-order chi connectivity index (χ0) is 17.8. The summed E-state index contributed by atoms with van der Waals surface area (Å²) >= 11 is 12.0. The van der Waals surface area contributed by atoms with Gasteiger partial charge in [0, 0.05) is 28.8 Å². The molecule has 1 aliphatic heterocycles. The van der Waals surface area contributed by atoms with Gasteiger partial charge in [-0.05, 0) is 50.1 Å². The number of nitrogens with one attached hydrogen (secondary N) is 1. The molecule has 1 aliphatic rings. The second kappa shape index (κ2) is 8.22. The van der Waals surface area contributed by atoms with Crippen LogP contribution in [0.5, 0.6) is 0 Å². The minimum Gasteiger partial charge on any atom is -0.326 e. The molecule has 1 fully saturated rings. The van der Waals surface area contributed by atoms with Crippen molar-refractivity contribution in [3.05, 3.63) is 63.6 Å². The van der Waals surface area contributed by atoms with Crippen molar-refractivity contribution >= 4 is 34.8 Å². The van der Waals surface area contributed by atoms with Crippen molar-refractivity contribution in [3.8, 4) is 0 Å². The Labute approximate surface area is 158 Å². The molecule has 1 amide bonds. The van der Waals surface area contributed by atoms with E-state index < -0.39 is 0 Å². The van der Waals surface area contributed by atoms with Crippen LogP contribution >= 0.6 is 23.2 Å². The van der Waals surface area contributed by atoms with E-state index in [1.807, 2.05) is 0 Å². The van der Waals surface area contributed by atoms with Crippen molar-refractivity contribution in [1.29, 1.82) is 0 Å². The summed E-state index contributed by atoms with van der Waals surface area (Å²) in [6.07, 6.45) is 1.94. The van der Waals surface area contributed by atoms with E-state index >= 15 is 0 Å². The van der Waals surface area contributed by atoms with E-state index in [1.165, 1.54) is 11.1 Å². The van der Waals surface area contributed by atoms with Gasteiger partial charge in [-0.3, -0.25) is 9.69 Å². The zero-order valence-corrected chi connectivity index (χ0v) is 15.8. The molecule has 0 spiro atoms. The summed E-state index contributed by atoms with van der Waals surface area (Å²) < 4.78 is 0. The fourth-order valence-electron chi connectivity index (χ4n) is 3.35. The van der Waals surface area contributed by atoms with Crippen molar-refractivity contribution in [2.75, 3.05) is 18.4 Å². The molecule has 2 aromatic carbocycles. The number of benzene rings is 2. The molecule has 1 heterocycles. The highest BCUT2D eigenvalue weighted by atomic mass is 35.5. The molecule has 0 bridgehead atoms. The average molecular weight is 377 g/mol. The van der Waals surface area contributed by atoms with Gasteiger partial charge in [0.2, 0.25) is 5.91 Å². The number of hydrogen-bond donors (Lipinski definition) is 1. The van der Waals surface area contributed by atoms with Gasteiger partial charge in [-0.2, -0.15) is 0 Å². The molecule has 3 nitrogen and oxygen atoms in total. The van der Waals surface area contributed by atoms with Crippen LogP contribution < -0.4 is 5.32 Å². The largest absolute Gasteiger partial charge is 0.326 e. The van der Waals surface area contributed by atoms with E-state index in [-0.39, 0.29) is 11.8 Å². The summed E-state index contributed by atoms with van der Waals surface area (Å²) in [5.74, 6) is 0.0172. The molecule has 25 heavy (non-hydrogen) atoms. The summed E-state index contributed by atoms with van der Waals surface area (Å²) in [6.45, 7) is 4.79. The Hall–Kier alpha value is -1.55. The summed E-state index contributed by atoms with van der Waals surface area (Å²) in [6, 6.07) is 13.6. The van der Waals surface area contributed by atoms with E-state index in [0.717, 1.165) is 32.5 Å². The number of nitrogens with zero attached hydrogens (tertiary/aromatic N) is 1. The summed E-state index contributed by atoms with van der Waals surface area (Å²) in [7, 11) is 0. The number of amides is 1. The number of anilines is 1. The first kappa shape index (κ1) is 18.2. The Morgan fingerprint density at radius 3 is 2.68 bits per heavy atom. The maximum atomic E-state index is 12.6. The van der Waals surface area contributed by atoms with Crippen LogP contribution in [-0.4, -0.2) is 23.9 Å². The van der Waals surface area contributed by atoms with Crippen molar-refractivity contribution in [3.63, 3.8) is 0 Å². The molecule has 1 N–H and O–H groups in total. The highest BCUT2D eigenvalue weighted by molar-refractivity contribution is 6.35. The second-order valence-corrected chi connectivity index (χ2v) is 7.58. The first-order valence-corrected chi connectivity index (χ1v) is 9.30. The zero-order valence-electron chi connectivity index (χ0n) is 14.3. The smallest absolute Gasteiger partial charge is 0.228 e. The predicted octanol–water partition coefficient (Wildman–Crippen LogP) is 5.15. The van der Waals surface area contributed by atoms with Gasteiger partial charge in [-0.15, -0.1) is 0 Å². The number of rotatable bonds is 4. The van der Waals surface area contributed by atoms with Gasteiger partial charge in [0.1, 0.15) is 0 Å². The van der Waals surface area contributed by atoms with Crippen molar-refractivity contribution < 1.29 is 4.79 Å². The lowest BCUT2D eigenvalue weighted by Gasteiger charge is -2.32. The van der Waals surface area contributed by atoms with Gasteiger partial charge in [-0.25, -0.2) is 0 Å². The lowest BCUT2D eigenvalue weighted by molar-refractivity contribution is -0.121. The second-order valence-electron chi connectivity index (χ2n) is 6.71. The van der Waals surface area contributed by atoms with Crippen LogP contribution in [-0.2, 0) is 11.3 Å². The molecule has 1 atom stereocenters. The Balaban J connectivity index is 1.61. The van der Waals surface area contributed by atoms with Gasteiger partial charge in [0.05, 0.1) is 5.92 Å². The molecule has 0 saturated carbocycles. The predicted molar refractivity (Wildman–Crippen MR) is 104 cm³/mol. The molecule has 1 saturated heterocycles. The van der Waals surface area contributed by atoms with Gasteiger partial charge < -0.3 is 5.32 Å². The first-order valence-electron chi connectivity index (χ1n) is 8.54. The van der Waals surface area contributed by atoms with Crippen LogP contribution in [0.4, 0.5) is 5.69 Å². The number of aryl methyl sites for hydroxylation is 1. The highest BCUT2D eigenvalue weighted by Crippen LogP contribution is 2.25. The third-order valence-electron chi connectivity index (χ3n) is 4.50. The molecule has 5 heteroatoms. The van der Waals surface area contributed by atoms with Gasteiger partial charge in [0.25, 0.3) is 0 Å². The highest BCUT2D eigenvalue weighted by Gasteiger charge is 2.26. The monoisotopic (exact) mass is 376 g/mol. The lowest BCUT2D eigenvalue weighted by Crippen LogP contribution is -2.40. The minimum atomic E-state index is -0.0173. The molecule has 1 unspecified atom stereocenters. The van der Waals surface area contributed by atoms with Crippen LogP contribution in [0.1, 0.15) is 24.0 Å². The SMILES string of the molecule is Cc1cccc(CN2CCCC(C(=O)Nc3cc(Cl)cc(Cl)c3)C2)c1. The van der Waals surface area contributed by atoms with Crippen LogP contribution in [0.25, 0.3) is 0 Å². The molecule has 0 aliphatic carbocycles. The van der Waals surface area contributed by atoms with E-state index in [1.54, 1.807) is 18.2 Å². The average Bonchev–Trinajstić information content (AvgIpc) is 2.54. The summed E-state index contributed by atoms with van der Waals surface area (Å²) in [5, 5.41) is 3.99. The van der Waals surface area contributed by atoms with Crippen molar-refractivity contribution in [1.82, 2.24) is 4.90 Å². The van der Waals surface area contributed by atoms with Gasteiger partial charge >= 0.3 is 0 Å². The molecule has 0 aromatic heterocycles. The van der Waals surface area contributed by atoms with Gasteiger partial charge in [-0.1, -0.05) is 53.0 Å². The minimum absolute atomic E-state index is 0.0173. The number of carbonyl (C=O) groups is 1. The molecule has 3 rings (SSSR count). The molecule has 2 aromatic rings. The number of piperidine rings is 1.